The third kappa shape index (κ3) is 5.29. The Morgan fingerprint density at radius 1 is 1.24 bits per heavy atom. The Labute approximate surface area is 149 Å². The average Bonchev–Trinajstić information content (AvgIpc) is 2.58. The van der Waals surface area contributed by atoms with Gasteiger partial charge in [0.2, 0.25) is 0 Å². The summed E-state index contributed by atoms with van der Waals surface area (Å²) in [7, 11) is 0. The Morgan fingerprint density at radius 2 is 2.00 bits per heavy atom. The number of aliphatic hydroxyl groups is 1. The molecule has 5 nitrogen and oxygen atoms in total. The zero-order chi connectivity index (χ0) is 18.4. The molecule has 2 atom stereocenters. The highest BCUT2D eigenvalue weighted by Gasteiger charge is 2.26. The zero-order valence-electron chi connectivity index (χ0n) is 15.3. The average molecular weight is 341 g/mol. The van der Waals surface area contributed by atoms with Gasteiger partial charge in [-0.2, -0.15) is 0 Å². The van der Waals surface area contributed by atoms with E-state index in [2.05, 4.69) is 15.6 Å². The molecule has 1 heterocycles. The monoisotopic (exact) mass is 341 g/mol. The molecule has 0 spiro atoms. The Balaban J connectivity index is 2.16. The van der Waals surface area contributed by atoms with Crippen LogP contribution in [-0.2, 0) is 0 Å². The van der Waals surface area contributed by atoms with Gasteiger partial charge in [0.25, 0.3) is 0 Å². The Kier molecular flexibility index (Phi) is 6.15. The summed E-state index contributed by atoms with van der Waals surface area (Å²) in [6.07, 6.45) is 1.71. The SMILES string of the molecule is Cc1cccc(C(NC(=O)NCC(C)(O)C(C)C)c2ccccn2)c1. The summed E-state index contributed by atoms with van der Waals surface area (Å²) < 4.78 is 0. The van der Waals surface area contributed by atoms with Crippen molar-refractivity contribution < 1.29 is 9.90 Å². The van der Waals surface area contributed by atoms with Crippen LogP contribution in [0.4, 0.5) is 4.79 Å². The van der Waals surface area contributed by atoms with Crippen molar-refractivity contribution >= 4 is 6.03 Å². The number of rotatable bonds is 6. The van der Waals surface area contributed by atoms with Crippen LogP contribution in [0.1, 0.15) is 43.6 Å². The quantitative estimate of drug-likeness (QED) is 0.755. The molecule has 0 aliphatic heterocycles. The summed E-state index contributed by atoms with van der Waals surface area (Å²) in [4.78, 5) is 16.8. The van der Waals surface area contributed by atoms with Crippen molar-refractivity contribution in [3.63, 3.8) is 0 Å². The van der Waals surface area contributed by atoms with E-state index in [0.717, 1.165) is 16.8 Å². The van der Waals surface area contributed by atoms with Gasteiger partial charge in [0, 0.05) is 12.7 Å². The van der Waals surface area contributed by atoms with Gasteiger partial charge in [-0.05, 0) is 37.5 Å². The number of nitrogens with one attached hydrogen (secondary N) is 2. The molecule has 3 N–H and O–H groups in total. The summed E-state index contributed by atoms with van der Waals surface area (Å²) in [6.45, 7) is 7.75. The van der Waals surface area contributed by atoms with Crippen LogP contribution >= 0.6 is 0 Å². The third-order valence-electron chi connectivity index (χ3n) is 4.49. The van der Waals surface area contributed by atoms with Gasteiger partial charge in [-0.1, -0.05) is 49.7 Å². The van der Waals surface area contributed by atoms with E-state index in [1.54, 1.807) is 13.1 Å². The first-order valence-electron chi connectivity index (χ1n) is 8.54. The molecule has 0 saturated heterocycles. The molecule has 1 aromatic heterocycles. The van der Waals surface area contributed by atoms with E-state index in [1.165, 1.54) is 0 Å². The Bertz CT molecular complexity index is 699. The lowest BCUT2D eigenvalue weighted by Gasteiger charge is -2.28. The molecule has 2 unspecified atom stereocenters. The normalized spacial score (nSPS) is 14.6. The molecule has 1 aromatic carbocycles. The molecule has 0 bridgehead atoms. The smallest absolute Gasteiger partial charge is 0.315 e. The van der Waals surface area contributed by atoms with Gasteiger partial charge in [-0.25, -0.2) is 4.79 Å². The zero-order valence-corrected chi connectivity index (χ0v) is 15.3. The molecule has 0 fully saturated rings. The Hall–Kier alpha value is -2.40. The van der Waals surface area contributed by atoms with Crippen LogP contribution in [0.3, 0.4) is 0 Å². The van der Waals surface area contributed by atoms with Crippen molar-refractivity contribution in [3.8, 4) is 0 Å². The van der Waals surface area contributed by atoms with Crippen LogP contribution in [0.25, 0.3) is 0 Å². The van der Waals surface area contributed by atoms with Gasteiger partial charge >= 0.3 is 6.03 Å². The van der Waals surface area contributed by atoms with Crippen molar-refractivity contribution in [3.05, 3.63) is 65.5 Å². The number of aromatic nitrogens is 1. The first-order chi connectivity index (χ1) is 11.8. The maximum absolute atomic E-state index is 12.4. The summed E-state index contributed by atoms with van der Waals surface area (Å²) in [5.41, 5.74) is 1.88. The van der Waals surface area contributed by atoms with E-state index in [4.69, 9.17) is 0 Å². The lowest BCUT2D eigenvalue weighted by Crippen LogP contribution is -2.48. The van der Waals surface area contributed by atoms with Gasteiger partial charge < -0.3 is 15.7 Å². The first kappa shape index (κ1) is 18.9. The van der Waals surface area contributed by atoms with E-state index in [0.29, 0.717) is 0 Å². The molecule has 25 heavy (non-hydrogen) atoms. The second-order valence-electron chi connectivity index (χ2n) is 6.94. The maximum Gasteiger partial charge on any atom is 0.315 e. The lowest BCUT2D eigenvalue weighted by molar-refractivity contribution is 0.0165. The third-order valence-corrected chi connectivity index (χ3v) is 4.49. The Morgan fingerprint density at radius 3 is 2.60 bits per heavy atom. The summed E-state index contributed by atoms with van der Waals surface area (Å²) in [5.74, 6) is 0.0381. The molecule has 2 aromatic rings. The minimum absolute atomic E-state index is 0.0381. The number of aryl methyl sites for hydroxylation is 1. The van der Waals surface area contributed by atoms with Crippen LogP contribution < -0.4 is 10.6 Å². The molecule has 0 aliphatic carbocycles. The predicted octanol–water partition coefficient (Wildman–Crippen LogP) is 3.19. The summed E-state index contributed by atoms with van der Waals surface area (Å²) in [5, 5.41) is 16.0. The number of hydrogen-bond acceptors (Lipinski definition) is 3. The fourth-order valence-electron chi connectivity index (χ4n) is 2.37. The van der Waals surface area contributed by atoms with E-state index >= 15 is 0 Å². The summed E-state index contributed by atoms with van der Waals surface area (Å²) in [6, 6.07) is 12.9. The van der Waals surface area contributed by atoms with Crippen LogP contribution in [-0.4, -0.2) is 28.3 Å². The number of carbonyl (C=O) groups is 1. The molecular formula is C20H27N3O2. The van der Waals surface area contributed by atoms with Crippen molar-refractivity contribution in [1.29, 1.82) is 0 Å². The molecule has 2 amide bonds. The minimum Gasteiger partial charge on any atom is -0.388 e. The van der Waals surface area contributed by atoms with Gasteiger partial charge in [-0.3, -0.25) is 4.98 Å². The van der Waals surface area contributed by atoms with E-state index < -0.39 is 5.60 Å². The highest BCUT2D eigenvalue weighted by atomic mass is 16.3. The molecule has 2 rings (SSSR count). The number of amides is 2. The van der Waals surface area contributed by atoms with Crippen LogP contribution in [0.2, 0.25) is 0 Å². The van der Waals surface area contributed by atoms with Crippen molar-refractivity contribution in [2.24, 2.45) is 5.92 Å². The van der Waals surface area contributed by atoms with Gasteiger partial charge in [0.15, 0.2) is 0 Å². The highest BCUT2D eigenvalue weighted by Crippen LogP contribution is 2.21. The fourth-order valence-corrected chi connectivity index (χ4v) is 2.37. The van der Waals surface area contributed by atoms with Crippen molar-refractivity contribution in [1.82, 2.24) is 15.6 Å². The topological polar surface area (TPSA) is 74.2 Å². The van der Waals surface area contributed by atoms with E-state index in [9.17, 15) is 9.90 Å². The second-order valence-corrected chi connectivity index (χ2v) is 6.94. The van der Waals surface area contributed by atoms with Gasteiger partial charge in [0.05, 0.1) is 17.3 Å². The van der Waals surface area contributed by atoms with Gasteiger partial charge in [0.1, 0.15) is 0 Å². The van der Waals surface area contributed by atoms with E-state index in [1.807, 2.05) is 63.2 Å². The van der Waals surface area contributed by atoms with Gasteiger partial charge in [-0.15, -0.1) is 0 Å². The van der Waals surface area contributed by atoms with Crippen molar-refractivity contribution in [2.45, 2.75) is 39.3 Å². The lowest BCUT2D eigenvalue weighted by atomic mass is 9.93. The predicted molar refractivity (Wildman–Crippen MR) is 99.3 cm³/mol. The molecule has 134 valence electrons. The number of benzene rings is 1. The molecule has 5 heteroatoms. The molecular weight excluding hydrogens is 314 g/mol. The second kappa shape index (κ2) is 8.12. The standard InChI is InChI=1S/C20H27N3O2/c1-14(2)20(4,25)13-22-19(24)23-18(17-10-5-6-11-21-17)16-9-7-8-15(3)12-16/h5-12,14,18,25H,13H2,1-4H3,(H2,22,23,24). The number of hydrogen-bond donors (Lipinski definition) is 3. The number of urea groups is 1. The molecule has 0 aliphatic rings. The fraction of sp³-hybridized carbons (Fsp3) is 0.400. The highest BCUT2D eigenvalue weighted by molar-refractivity contribution is 5.75. The number of carbonyl (C=O) groups excluding carboxylic acids is 1. The minimum atomic E-state index is -0.957. The van der Waals surface area contributed by atoms with Crippen LogP contribution in [0.15, 0.2) is 48.7 Å². The van der Waals surface area contributed by atoms with Crippen LogP contribution in [0.5, 0.6) is 0 Å². The molecule has 0 radical (unpaired) electrons. The van der Waals surface area contributed by atoms with E-state index in [-0.39, 0.29) is 24.5 Å². The maximum atomic E-state index is 12.4. The first-order valence-corrected chi connectivity index (χ1v) is 8.54. The summed E-state index contributed by atoms with van der Waals surface area (Å²) >= 11 is 0. The largest absolute Gasteiger partial charge is 0.388 e. The van der Waals surface area contributed by atoms with Crippen molar-refractivity contribution in [2.75, 3.05) is 6.54 Å². The van der Waals surface area contributed by atoms with Crippen LogP contribution in [0, 0.1) is 12.8 Å². The number of nitrogens with zero attached hydrogens (tertiary/aromatic N) is 1. The number of pyridine rings is 1. The molecule has 0 saturated carbocycles.